The zero-order valence-electron chi connectivity index (χ0n) is 17.4. The molecule has 0 unspecified atom stereocenters. The minimum absolute atomic E-state index is 0.123. The lowest BCUT2D eigenvalue weighted by molar-refractivity contribution is 0.0951. The lowest BCUT2D eigenvalue weighted by atomic mass is 10.0. The molecule has 3 N–H and O–H groups in total. The fourth-order valence-electron chi connectivity index (χ4n) is 3.10. The summed E-state index contributed by atoms with van der Waals surface area (Å²) in [4.78, 5) is 33.3. The Morgan fingerprint density at radius 3 is 2.70 bits per heavy atom. The van der Waals surface area contributed by atoms with Crippen LogP contribution in [-0.4, -0.2) is 53.1 Å². The molecule has 0 aliphatic carbocycles. The monoisotopic (exact) mass is 406 g/mol. The Morgan fingerprint density at radius 1 is 1.17 bits per heavy atom. The predicted octanol–water partition coefficient (Wildman–Crippen LogP) is 2.33. The number of aromatic amines is 1. The molecule has 0 fully saturated rings. The molecule has 1 heterocycles. The molecule has 7 nitrogen and oxygen atoms in total. The van der Waals surface area contributed by atoms with Gasteiger partial charge in [0.05, 0.1) is 5.69 Å². The van der Waals surface area contributed by atoms with Gasteiger partial charge in [0.2, 0.25) is 0 Å². The molecular weight excluding hydrogens is 380 g/mol. The molecular formula is C23H26N4O3. The van der Waals surface area contributed by atoms with Gasteiger partial charge in [0.15, 0.2) is 0 Å². The Kier molecular flexibility index (Phi) is 6.64. The van der Waals surface area contributed by atoms with E-state index in [0.717, 1.165) is 17.7 Å². The molecule has 0 aliphatic heterocycles. The Balaban J connectivity index is 1.79. The van der Waals surface area contributed by atoms with E-state index in [1.165, 1.54) is 0 Å². The van der Waals surface area contributed by atoms with Crippen molar-refractivity contribution in [2.24, 2.45) is 0 Å². The summed E-state index contributed by atoms with van der Waals surface area (Å²) in [7, 11) is 3.91. The highest BCUT2D eigenvalue weighted by Crippen LogP contribution is 2.24. The number of hydrogen-bond donors (Lipinski definition) is 3. The third kappa shape index (κ3) is 5.55. The number of benzene rings is 2. The number of carbonyl (C=O) groups is 1. The van der Waals surface area contributed by atoms with Crippen molar-refractivity contribution in [1.82, 2.24) is 20.2 Å². The van der Waals surface area contributed by atoms with Crippen LogP contribution in [0.5, 0.6) is 5.75 Å². The maximum Gasteiger partial charge on any atom is 0.345 e. The van der Waals surface area contributed by atoms with Crippen molar-refractivity contribution in [3.8, 4) is 17.0 Å². The number of nitrogens with one attached hydrogen (secondary N) is 2. The van der Waals surface area contributed by atoms with E-state index in [1.54, 1.807) is 31.2 Å². The first kappa shape index (κ1) is 21.3. The van der Waals surface area contributed by atoms with Crippen molar-refractivity contribution in [3.63, 3.8) is 0 Å². The van der Waals surface area contributed by atoms with Gasteiger partial charge in [0.25, 0.3) is 5.91 Å². The molecule has 0 radical (unpaired) electrons. The van der Waals surface area contributed by atoms with Crippen molar-refractivity contribution in [1.29, 1.82) is 0 Å². The first-order chi connectivity index (χ1) is 14.3. The topological polar surface area (TPSA) is 98.3 Å². The van der Waals surface area contributed by atoms with Crippen LogP contribution >= 0.6 is 0 Å². The second kappa shape index (κ2) is 9.37. The zero-order valence-corrected chi connectivity index (χ0v) is 17.4. The van der Waals surface area contributed by atoms with Crippen LogP contribution in [0.2, 0.25) is 0 Å². The number of aromatic nitrogens is 2. The first-order valence-electron chi connectivity index (χ1n) is 9.74. The second-order valence-electron chi connectivity index (χ2n) is 7.53. The number of H-pyrrole nitrogens is 1. The summed E-state index contributed by atoms with van der Waals surface area (Å²) in [5.41, 5.74) is 3.75. The van der Waals surface area contributed by atoms with Gasteiger partial charge in [-0.25, -0.2) is 4.79 Å². The fraction of sp³-hybridized carbons (Fsp3) is 0.261. The fourth-order valence-corrected chi connectivity index (χ4v) is 3.10. The number of carbonyl (C=O) groups excluding carboxylic acids is 1. The van der Waals surface area contributed by atoms with Crippen LogP contribution in [-0.2, 0) is 6.42 Å². The van der Waals surface area contributed by atoms with E-state index in [9.17, 15) is 14.7 Å². The summed E-state index contributed by atoms with van der Waals surface area (Å²) in [6, 6.07) is 14.3. The Morgan fingerprint density at radius 2 is 1.97 bits per heavy atom. The van der Waals surface area contributed by atoms with Crippen LogP contribution in [0, 0.1) is 6.92 Å². The number of phenols is 1. The molecule has 0 saturated heterocycles. The smallest absolute Gasteiger partial charge is 0.345 e. The van der Waals surface area contributed by atoms with Crippen LogP contribution in [0.1, 0.15) is 27.2 Å². The van der Waals surface area contributed by atoms with E-state index in [4.69, 9.17) is 0 Å². The number of hydrogen-bond acceptors (Lipinski definition) is 5. The summed E-state index contributed by atoms with van der Waals surface area (Å²) in [5.74, 6) is 0.0756. The van der Waals surface area contributed by atoms with Crippen LogP contribution in [0.25, 0.3) is 11.3 Å². The summed E-state index contributed by atoms with van der Waals surface area (Å²) in [6.45, 7) is 3.13. The molecule has 30 heavy (non-hydrogen) atoms. The average Bonchev–Trinajstić information content (AvgIpc) is 2.69. The Labute approximate surface area is 175 Å². The molecule has 1 aromatic heterocycles. The quantitative estimate of drug-likeness (QED) is 0.559. The van der Waals surface area contributed by atoms with Crippen molar-refractivity contribution in [2.45, 2.75) is 13.3 Å². The number of amides is 1. The summed E-state index contributed by atoms with van der Waals surface area (Å²) in [5, 5.41) is 12.6. The van der Waals surface area contributed by atoms with E-state index >= 15 is 0 Å². The summed E-state index contributed by atoms with van der Waals surface area (Å²) in [6.07, 6.45) is 0.459. The Bertz CT molecular complexity index is 1110. The van der Waals surface area contributed by atoms with Gasteiger partial charge in [0, 0.05) is 36.3 Å². The normalized spacial score (nSPS) is 10.9. The average molecular weight is 406 g/mol. The minimum atomic E-state index is -0.439. The summed E-state index contributed by atoms with van der Waals surface area (Å²) < 4.78 is 0. The van der Waals surface area contributed by atoms with Gasteiger partial charge in [-0.2, -0.15) is 4.98 Å². The summed E-state index contributed by atoms with van der Waals surface area (Å²) >= 11 is 0. The molecule has 3 aromatic rings. The Hall–Kier alpha value is -3.45. The molecule has 0 bridgehead atoms. The highest BCUT2D eigenvalue weighted by Gasteiger charge is 2.09. The van der Waals surface area contributed by atoms with Gasteiger partial charge in [-0.1, -0.05) is 12.1 Å². The van der Waals surface area contributed by atoms with Crippen molar-refractivity contribution in [3.05, 3.63) is 81.4 Å². The zero-order chi connectivity index (χ0) is 21.7. The highest BCUT2D eigenvalue weighted by atomic mass is 16.3. The first-order valence-corrected chi connectivity index (χ1v) is 9.74. The second-order valence-corrected chi connectivity index (χ2v) is 7.53. The SMILES string of the molecule is Cc1cc(-c2cc(Cc3cccc(C(=O)NCCN(C)C)c3)[nH]c(=O)n2)ccc1O. The molecule has 2 aromatic carbocycles. The maximum absolute atomic E-state index is 12.4. The van der Waals surface area contributed by atoms with Crippen LogP contribution < -0.4 is 11.0 Å². The number of aryl methyl sites for hydroxylation is 1. The van der Waals surface area contributed by atoms with Gasteiger partial charge in [-0.3, -0.25) is 4.79 Å². The van der Waals surface area contributed by atoms with E-state index < -0.39 is 5.69 Å². The van der Waals surface area contributed by atoms with E-state index in [2.05, 4.69) is 15.3 Å². The lowest BCUT2D eigenvalue weighted by Crippen LogP contribution is -2.31. The third-order valence-corrected chi connectivity index (χ3v) is 4.72. The van der Waals surface area contributed by atoms with Crippen molar-refractivity contribution >= 4 is 5.91 Å². The number of rotatable bonds is 7. The lowest BCUT2D eigenvalue weighted by Gasteiger charge is -2.11. The minimum Gasteiger partial charge on any atom is -0.508 e. The number of aromatic hydroxyl groups is 1. The van der Waals surface area contributed by atoms with Crippen LogP contribution in [0.3, 0.4) is 0 Å². The highest BCUT2D eigenvalue weighted by molar-refractivity contribution is 5.94. The predicted molar refractivity (Wildman–Crippen MR) is 117 cm³/mol. The van der Waals surface area contributed by atoms with E-state index in [1.807, 2.05) is 43.3 Å². The standard InChI is InChI=1S/C23H26N4O3/c1-15-11-17(7-8-21(15)28)20-14-19(25-23(30)26-20)13-16-5-4-6-18(12-16)22(29)24-9-10-27(2)3/h4-8,11-12,14,28H,9-10,13H2,1-3H3,(H,24,29)(H,25,26,30). The van der Waals surface area contributed by atoms with Crippen LogP contribution in [0.4, 0.5) is 0 Å². The molecule has 0 spiro atoms. The molecule has 0 aliphatic rings. The molecule has 1 amide bonds. The number of nitrogens with zero attached hydrogens (tertiary/aromatic N) is 2. The molecule has 0 atom stereocenters. The number of likely N-dealkylation sites (N-methyl/N-ethyl adjacent to an activating group) is 1. The maximum atomic E-state index is 12.4. The van der Waals surface area contributed by atoms with Gasteiger partial charge in [-0.05, 0) is 68.5 Å². The molecule has 0 saturated carbocycles. The van der Waals surface area contributed by atoms with Gasteiger partial charge in [-0.15, -0.1) is 0 Å². The van der Waals surface area contributed by atoms with Crippen LogP contribution in [0.15, 0.2) is 53.3 Å². The third-order valence-electron chi connectivity index (χ3n) is 4.72. The van der Waals surface area contributed by atoms with Crippen molar-refractivity contribution in [2.75, 3.05) is 27.2 Å². The van der Waals surface area contributed by atoms with Gasteiger partial charge < -0.3 is 20.3 Å². The van der Waals surface area contributed by atoms with Crippen molar-refractivity contribution < 1.29 is 9.90 Å². The largest absolute Gasteiger partial charge is 0.508 e. The van der Waals surface area contributed by atoms with Gasteiger partial charge >= 0.3 is 5.69 Å². The molecule has 7 heteroatoms. The van der Waals surface area contributed by atoms with Gasteiger partial charge in [0.1, 0.15) is 5.75 Å². The van der Waals surface area contributed by atoms with E-state index in [-0.39, 0.29) is 11.7 Å². The molecule has 3 rings (SSSR count). The molecule has 156 valence electrons. The number of phenolic OH excluding ortho intramolecular Hbond substituents is 1. The van der Waals surface area contributed by atoms with E-state index in [0.29, 0.717) is 35.5 Å².